The van der Waals surface area contributed by atoms with Crippen LogP contribution >= 0.6 is 9.47 Å². The SMILES string of the molecule is CCCC(c1ccc(F)cn1)n1c2cc(/C(=C(\C)N)N(C)N)ncc2c2ncc(C(C)C)cc21.OP. The lowest BCUT2D eigenvalue weighted by molar-refractivity contribution is 0.504. The first-order valence-electron chi connectivity index (χ1n) is 11.8. The summed E-state index contributed by atoms with van der Waals surface area (Å²) in [6.07, 6.45) is 6.80. The van der Waals surface area contributed by atoms with Crippen molar-refractivity contribution < 1.29 is 9.28 Å². The van der Waals surface area contributed by atoms with Gasteiger partial charge in [-0.25, -0.2) is 10.2 Å². The minimum Gasteiger partial charge on any atom is -0.400 e. The van der Waals surface area contributed by atoms with E-state index in [4.69, 9.17) is 21.5 Å². The lowest BCUT2D eigenvalue weighted by Crippen LogP contribution is -2.27. The summed E-state index contributed by atoms with van der Waals surface area (Å²) in [4.78, 5) is 20.9. The summed E-state index contributed by atoms with van der Waals surface area (Å²) in [6.45, 7) is 8.24. The third kappa shape index (κ3) is 5.33. The fourth-order valence-electron chi connectivity index (χ4n) is 4.53. The van der Waals surface area contributed by atoms with Gasteiger partial charge in [0.25, 0.3) is 0 Å². The summed E-state index contributed by atoms with van der Waals surface area (Å²) in [7, 11) is 3.16. The Balaban J connectivity index is 0.00000176. The maximum Gasteiger partial charge on any atom is 0.141 e. The predicted octanol–water partition coefficient (Wildman–Crippen LogP) is 4.85. The van der Waals surface area contributed by atoms with Crippen LogP contribution in [-0.4, -0.2) is 36.5 Å². The second-order valence-electron chi connectivity index (χ2n) is 9.10. The number of allylic oxidation sites excluding steroid dienone is 1. The maximum absolute atomic E-state index is 13.7. The Bertz CT molecular complexity index is 1360. The smallest absolute Gasteiger partial charge is 0.141 e. The number of pyridine rings is 3. The first kappa shape index (κ1) is 27.5. The number of hydrazine groups is 1. The number of halogens is 1. The lowest BCUT2D eigenvalue weighted by Gasteiger charge is -2.22. The van der Waals surface area contributed by atoms with Crippen molar-refractivity contribution in [1.82, 2.24) is 24.5 Å². The molecule has 10 heteroatoms. The fraction of sp³-hybridized carbons (Fsp3) is 0.346. The van der Waals surface area contributed by atoms with Gasteiger partial charge in [-0.1, -0.05) is 27.2 Å². The molecule has 0 radical (unpaired) electrons. The first-order valence-corrected chi connectivity index (χ1v) is 12.4. The van der Waals surface area contributed by atoms with Crippen LogP contribution in [0.15, 0.2) is 48.6 Å². The highest BCUT2D eigenvalue weighted by Crippen LogP contribution is 2.36. The molecular weight excluding hydrogens is 476 g/mol. The number of nitrogens with two attached hydrogens (primary N) is 2. The number of aromatic nitrogens is 4. The van der Waals surface area contributed by atoms with Gasteiger partial charge in [0, 0.05) is 30.5 Å². The van der Waals surface area contributed by atoms with E-state index in [1.807, 2.05) is 18.5 Å². The molecule has 0 spiro atoms. The Morgan fingerprint density at radius 1 is 1.11 bits per heavy atom. The minimum atomic E-state index is -0.351. The highest BCUT2D eigenvalue weighted by molar-refractivity contribution is 7.08. The van der Waals surface area contributed by atoms with Crippen molar-refractivity contribution >= 4 is 37.1 Å². The molecule has 0 amide bonds. The molecule has 0 bridgehead atoms. The average Bonchev–Trinajstić information content (AvgIpc) is 3.16. The van der Waals surface area contributed by atoms with Crippen molar-refractivity contribution in [3.63, 3.8) is 0 Å². The molecule has 0 aliphatic heterocycles. The van der Waals surface area contributed by atoms with Crippen molar-refractivity contribution in [2.45, 2.75) is 52.5 Å². The van der Waals surface area contributed by atoms with Crippen LogP contribution in [0.3, 0.4) is 0 Å². The molecular formula is C26H35FN7OP. The van der Waals surface area contributed by atoms with Gasteiger partial charge in [-0.3, -0.25) is 15.0 Å². The van der Waals surface area contributed by atoms with E-state index in [9.17, 15) is 4.39 Å². The van der Waals surface area contributed by atoms with Gasteiger partial charge in [0.15, 0.2) is 0 Å². The molecule has 0 aromatic carbocycles. The molecule has 2 unspecified atom stereocenters. The van der Waals surface area contributed by atoms with Gasteiger partial charge in [0.05, 0.1) is 45.9 Å². The Morgan fingerprint density at radius 3 is 2.39 bits per heavy atom. The van der Waals surface area contributed by atoms with E-state index < -0.39 is 0 Å². The minimum absolute atomic E-state index is 0.105. The molecule has 36 heavy (non-hydrogen) atoms. The number of fused-ring (bicyclic) bond motifs is 3. The van der Waals surface area contributed by atoms with Gasteiger partial charge in [0.2, 0.25) is 0 Å². The highest BCUT2D eigenvalue weighted by Gasteiger charge is 2.23. The third-order valence-corrected chi connectivity index (χ3v) is 6.15. The number of rotatable bonds is 7. The zero-order chi connectivity index (χ0) is 26.6. The molecule has 0 aliphatic carbocycles. The van der Waals surface area contributed by atoms with E-state index >= 15 is 0 Å². The number of nitrogens with zero attached hydrogens (tertiary/aromatic N) is 5. The Labute approximate surface area is 213 Å². The summed E-state index contributed by atoms with van der Waals surface area (Å²) in [6, 6.07) is 7.32. The van der Waals surface area contributed by atoms with Crippen LogP contribution in [0.25, 0.3) is 27.6 Å². The topological polar surface area (TPSA) is 119 Å². The van der Waals surface area contributed by atoms with E-state index in [-0.39, 0.29) is 11.9 Å². The van der Waals surface area contributed by atoms with E-state index in [2.05, 4.69) is 41.4 Å². The molecule has 8 nitrogen and oxygen atoms in total. The second-order valence-corrected chi connectivity index (χ2v) is 9.10. The lowest BCUT2D eigenvalue weighted by atomic mass is 10.0. The summed E-state index contributed by atoms with van der Waals surface area (Å²) >= 11 is 0. The zero-order valence-corrected chi connectivity index (χ0v) is 22.6. The van der Waals surface area contributed by atoms with Gasteiger partial charge in [-0.2, -0.15) is 0 Å². The average molecular weight is 512 g/mol. The normalized spacial score (nSPS) is 12.9. The molecule has 4 rings (SSSR count). The largest absolute Gasteiger partial charge is 0.400 e. The van der Waals surface area contributed by atoms with Gasteiger partial charge in [-0.15, -0.1) is 0 Å². The number of hydrogen-bond acceptors (Lipinski definition) is 7. The second kappa shape index (κ2) is 11.7. The standard InChI is InChI=1S/C26H32FN7.H3OP/c1-6-7-22(20-9-8-18(27)13-30-20)34-23-11-21(26(16(4)28)33(5)29)31-14-19(23)25-24(34)10-17(12-32-25)15(2)3;1-2/h8-15,22H,6-7,28-29H2,1-5H3;1H,2H2/b26-16-;. The molecule has 192 valence electrons. The molecule has 5 N–H and O–H groups in total. The summed E-state index contributed by atoms with van der Waals surface area (Å²) in [5.41, 5.74) is 12.8. The zero-order valence-electron chi connectivity index (χ0n) is 21.4. The molecule has 0 fully saturated rings. The van der Waals surface area contributed by atoms with Crippen LogP contribution in [0, 0.1) is 5.82 Å². The van der Waals surface area contributed by atoms with Crippen LogP contribution in [0.5, 0.6) is 0 Å². The third-order valence-electron chi connectivity index (χ3n) is 6.15. The maximum atomic E-state index is 13.7. The molecule has 4 aromatic heterocycles. The van der Waals surface area contributed by atoms with Gasteiger partial charge < -0.3 is 20.2 Å². The van der Waals surface area contributed by atoms with Gasteiger partial charge in [-0.05, 0) is 58.6 Å². The van der Waals surface area contributed by atoms with Crippen LogP contribution in [0.1, 0.15) is 69.4 Å². The van der Waals surface area contributed by atoms with Crippen LogP contribution in [-0.2, 0) is 0 Å². The van der Waals surface area contributed by atoms with E-state index in [1.165, 1.54) is 26.7 Å². The monoisotopic (exact) mass is 511 g/mol. The van der Waals surface area contributed by atoms with Crippen LogP contribution in [0.4, 0.5) is 4.39 Å². The predicted molar refractivity (Wildman–Crippen MR) is 147 cm³/mol. The van der Waals surface area contributed by atoms with E-state index in [1.54, 1.807) is 20.0 Å². The van der Waals surface area contributed by atoms with Crippen molar-refractivity contribution in [1.29, 1.82) is 0 Å². The summed E-state index contributed by atoms with van der Waals surface area (Å²) in [5, 5.41) is 2.42. The van der Waals surface area contributed by atoms with Crippen molar-refractivity contribution in [2.24, 2.45) is 11.6 Å². The van der Waals surface area contributed by atoms with Gasteiger partial charge in [0.1, 0.15) is 5.82 Å². The Morgan fingerprint density at radius 2 is 1.83 bits per heavy atom. The van der Waals surface area contributed by atoms with Crippen molar-refractivity contribution in [3.05, 3.63) is 71.3 Å². The Kier molecular flexibility index (Phi) is 8.95. The Hall–Kier alpha value is -3.13. The van der Waals surface area contributed by atoms with E-state index in [0.717, 1.165) is 46.0 Å². The molecule has 4 heterocycles. The highest BCUT2D eigenvalue weighted by atomic mass is 31.0. The van der Waals surface area contributed by atoms with Gasteiger partial charge >= 0.3 is 0 Å². The molecule has 0 saturated carbocycles. The molecule has 0 aliphatic rings. The fourth-order valence-corrected chi connectivity index (χ4v) is 4.53. The van der Waals surface area contributed by atoms with E-state index in [0.29, 0.717) is 23.0 Å². The quantitative estimate of drug-likeness (QED) is 0.184. The van der Waals surface area contributed by atoms with Crippen molar-refractivity contribution in [3.8, 4) is 0 Å². The summed E-state index contributed by atoms with van der Waals surface area (Å²) < 4.78 is 16.0. The molecule has 0 saturated heterocycles. The van der Waals surface area contributed by atoms with Crippen LogP contribution in [0.2, 0.25) is 0 Å². The van der Waals surface area contributed by atoms with Crippen molar-refractivity contribution in [2.75, 3.05) is 7.05 Å². The molecule has 2 atom stereocenters. The summed E-state index contributed by atoms with van der Waals surface area (Å²) in [5.74, 6) is 6.06. The number of hydrogen-bond donors (Lipinski definition) is 3. The molecule has 4 aromatic rings. The first-order chi connectivity index (χ1) is 17.2. The van der Waals surface area contributed by atoms with Crippen LogP contribution < -0.4 is 11.6 Å².